The maximum Gasteiger partial charge on any atom is 0.196 e. The quantitative estimate of drug-likeness (QED) is 0.484. The van der Waals surface area contributed by atoms with Gasteiger partial charge in [-0.25, -0.2) is 0 Å². The molecule has 0 unspecified atom stereocenters. The van der Waals surface area contributed by atoms with Crippen molar-refractivity contribution in [2.75, 3.05) is 11.9 Å². The van der Waals surface area contributed by atoms with Crippen LogP contribution in [0.15, 0.2) is 42.5 Å². The minimum atomic E-state index is -0.635. The fraction of sp³-hybridized carbons (Fsp3) is 0.250. The van der Waals surface area contributed by atoms with E-state index in [2.05, 4.69) is 5.32 Å². The number of carbonyl (C=O) groups excluding carboxylic acids is 2. The molecule has 29 heavy (non-hydrogen) atoms. The van der Waals surface area contributed by atoms with Crippen LogP contribution < -0.4 is 5.32 Å². The third kappa shape index (κ3) is 2.23. The molecule has 3 aromatic carbocycles. The lowest BCUT2D eigenvalue weighted by Crippen LogP contribution is -2.46. The van der Waals surface area contributed by atoms with Crippen LogP contribution in [0, 0.1) is 6.92 Å². The van der Waals surface area contributed by atoms with Crippen molar-refractivity contribution in [2.45, 2.75) is 31.6 Å². The first kappa shape index (κ1) is 16.9. The van der Waals surface area contributed by atoms with Crippen molar-refractivity contribution >= 4 is 28.0 Å². The van der Waals surface area contributed by atoms with E-state index >= 15 is 0 Å². The predicted octanol–water partition coefficient (Wildman–Crippen LogP) is 3.54. The topological polar surface area (TPSA) is 75.6 Å². The summed E-state index contributed by atoms with van der Waals surface area (Å²) in [7, 11) is 0. The average molecular weight is 385 g/mol. The maximum absolute atomic E-state index is 13.5. The Morgan fingerprint density at radius 1 is 1.00 bits per heavy atom. The van der Waals surface area contributed by atoms with E-state index in [1.165, 1.54) is 0 Å². The molecule has 2 aliphatic heterocycles. The highest BCUT2D eigenvalue weighted by Crippen LogP contribution is 2.45. The van der Waals surface area contributed by atoms with E-state index in [-0.39, 0.29) is 30.3 Å². The molecular formula is C24H19NO4. The van der Waals surface area contributed by atoms with Crippen molar-refractivity contribution in [2.24, 2.45) is 0 Å². The van der Waals surface area contributed by atoms with Gasteiger partial charge in [0, 0.05) is 28.7 Å². The number of anilines is 1. The van der Waals surface area contributed by atoms with Gasteiger partial charge >= 0.3 is 0 Å². The highest BCUT2D eigenvalue weighted by atomic mass is 16.5. The normalized spacial score (nSPS) is 24.6. The largest absolute Gasteiger partial charge is 0.389 e. The van der Waals surface area contributed by atoms with Crippen molar-refractivity contribution in [1.29, 1.82) is 0 Å². The van der Waals surface area contributed by atoms with E-state index in [0.717, 1.165) is 21.9 Å². The summed E-state index contributed by atoms with van der Waals surface area (Å²) in [5.74, 6) is -0.290. The van der Waals surface area contributed by atoms with Gasteiger partial charge in [-0.2, -0.15) is 0 Å². The van der Waals surface area contributed by atoms with E-state index in [1.807, 2.05) is 37.3 Å². The first-order valence-corrected chi connectivity index (χ1v) is 9.89. The van der Waals surface area contributed by atoms with E-state index in [0.29, 0.717) is 34.4 Å². The second kappa shape index (κ2) is 5.75. The number of rotatable bonds is 0. The summed E-state index contributed by atoms with van der Waals surface area (Å²) in [5, 5.41) is 15.3. The predicted molar refractivity (Wildman–Crippen MR) is 109 cm³/mol. The molecule has 2 heterocycles. The minimum absolute atomic E-state index is 0.133. The molecule has 2 bridgehead atoms. The first-order valence-electron chi connectivity index (χ1n) is 9.89. The zero-order chi connectivity index (χ0) is 19.9. The average Bonchev–Trinajstić information content (AvgIpc) is 2.73. The lowest BCUT2D eigenvalue weighted by atomic mass is 9.77. The molecular weight excluding hydrogens is 366 g/mol. The summed E-state index contributed by atoms with van der Waals surface area (Å²) in [6, 6.07) is 13.0. The van der Waals surface area contributed by atoms with Gasteiger partial charge < -0.3 is 15.2 Å². The van der Waals surface area contributed by atoms with Gasteiger partial charge in [0.25, 0.3) is 0 Å². The fourth-order valence-corrected chi connectivity index (χ4v) is 4.96. The Bertz CT molecular complexity index is 1250. The Kier molecular flexibility index (Phi) is 3.35. The monoisotopic (exact) mass is 385 g/mol. The van der Waals surface area contributed by atoms with Crippen LogP contribution >= 0.6 is 0 Å². The maximum atomic E-state index is 13.5. The number of aliphatic hydroxyl groups excluding tert-OH is 1. The second-order valence-corrected chi connectivity index (χ2v) is 8.20. The Morgan fingerprint density at radius 2 is 1.76 bits per heavy atom. The molecule has 3 aromatic rings. The van der Waals surface area contributed by atoms with Gasteiger partial charge in [0.05, 0.1) is 36.1 Å². The van der Waals surface area contributed by atoms with Gasteiger partial charge in [-0.15, -0.1) is 0 Å². The first-order chi connectivity index (χ1) is 14.0. The Labute approximate surface area is 167 Å². The number of fused-ring (bicyclic) bond motifs is 9. The second-order valence-electron chi connectivity index (χ2n) is 8.20. The zero-order valence-corrected chi connectivity index (χ0v) is 15.9. The number of carbonyl (C=O) groups is 2. The summed E-state index contributed by atoms with van der Waals surface area (Å²) < 4.78 is 5.79. The molecule has 1 aliphatic carbocycles. The third-order valence-corrected chi connectivity index (χ3v) is 6.43. The molecule has 6 rings (SSSR count). The highest BCUT2D eigenvalue weighted by molar-refractivity contribution is 6.33. The SMILES string of the molecule is Cc1ccc2c3c(ccc2c1)C(=O)c1c(ccc2c1N[C@H]1C[C@@H]2OC[C@@H]1O)C3=O. The van der Waals surface area contributed by atoms with Crippen LogP contribution in [-0.4, -0.2) is 35.4 Å². The molecule has 0 radical (unpaired) electrons. The van der Waals surface area contributed by atoms with E-state index in [4.69, 9.17) is 4.74 Å². The summed E-state index contributed by atoms with van der Waals surface area (Å²) in [5.41, 5.74) is 4.35. The standard InChI is InChI=1S/C24H19NO4/c1-11-2-4-13-12(8-11)3-5-15-20(13)23(27)16-7-6-14-19-9-17(18(26)10-29-19)25-22(14)21(16)24(15)28/h2-8,17-19,25-26H,9-10H2,1H3/t17-,18-,19-/m0/s1. The molecule has 5 nitrogen and oxygen atoms in total. The summed E-state index contributed by atoms with van der Waals surface area (Å²) in [6.45, 7) is 2.27. The molecule has 3 atom stereocenters. The van der Waals surface area contributed by atoms with E-state index in [9.17, 15) is 14.7 Å². The molecule has 1 saturated heterocycles. The van der Waals surface area contributed by atoms with Gasteiger partial charge in [-0.1, -0.05) is 35.9 Å². The Morgan fingerprint density at radius 3 is 2.62 bits per heavy atom. The minimum Gasteiger partial charge on any atom is -0.389 e. The molecule has 144 valence electrons. The number of benzene rings is 3. The number of ketones is 2. The smallest absolute Gasteiger partial charge is 0.196 e. The van der Waals surface area contributed by atoms with Crippen molar-refractivity contribution in [3.8, 4) is 0 Å². The van der Waals surface area contributed by atoms with Gasteiger partial charge in [0.2, 0.25) is 0 Å². The molecule has 3 aliphatic rings. The van der Waals surface area contributed by atoms with Crippen molar-refractivity contribution < 1.29 is 19.4 Å². The van der Waals surface area contributed by atoms with Crippen molar-refractivity contribution in [3.05, 3.63) is 75.8 Å². The van der Waals surface area contributed by atoms with Gasteiger partial charge in [0.15, 0.2) is 11.6 Å². The molecule has 5 heteroatoms. The van der Waals surface area contributed by atoms with Crippen LogP contribution in [0.5, 0.6) is 0 Å². The summed E-state index contributed by atoms with van der Waals surface area (Å²) in [6.07, 6.45) is -0.159. The molecule has 2 N–H and O–H groups in total. The van der Waals surface area contributed by atoms with Crippen LogP contribution in [0.3, 0.4) is 0 Å². The number of ether oxygens (including phenoxy) is 1. The van der Waals surface area contributed by atoms with Crippen LogP contribution in [0.25, 0.3) is 10.8 Å². The Balaban J connectivity index is 1.59. The van der Waals surface area contributed by atoms with Crippen molar-refractivity contribution in [3.63, 3.8) is 0 Å². The lowest BCUT2D eigenvalue weighted by Gasteiger charge is -2.41. The van der Waals surface area contributed by atoms with E-state index < -0.39 is 6.10 Å². The fourth-order valence-electron chi connectivity index (χ4n) is 4.96. The third-order valence-electron chi connectivity index (χ3n) is 6.43. The number of hydrogen-bond donors (Lipinski definition) is 2. The van der Waals surface area contributed by atoms with Crippen LogP contribution in [0.1, 0.15) is 55.5 Å². The Hall–Kier alpha value is -3.02. The lowest BCUT2D eigenvalue weighted by molar-refractivity contribution is -0.0672. The number of aliphatic hydroxyl groups is 1. The highest BCUT2D eigenvalue weighted by Gasteiger charge is 2.41. The molecule has 0 spiro atoms. The van der Waals surface area contributed by atoms with Crippen molar-refractivity contribution in [1.82, 2.24) is 0 Å². The summed E-state index contributed by atoms with van der Waals surface area (Å²) >= 11 is 0. The van der Waals surface area contributed by atoms with Crippen LogP contribution in [0.4, 0.5) is 5.69 Å². The van der Waals surface area contributed by atoms with E-state index in [1.54, 1.807) is 12.1 Å². The summed E-state index contributed by atoms with van der Waals surface area (Å²) in [4.78, 5) is 27.0. The van der Waals surface area contributed by atoms with Gasteiger partial charge in [-0.05, 0) is 29.8 Å². The molecule has 0 amide bonds. The number of aryl methyl sites for hydroxylation is 1. The van der Waals surface area contributed by atoms with Gasteiger partial charge in [-0.3, -0.25) is 9.59 Å². The van der Waals surface area contributed by atoms with Crippen LogP contribution in [0.2, 0.25) is 0 Å². The van der Waals surface area contributed by atoms with Crippen LogP contribution in [-0.2, 0) is 4.74 Å². The number of hydrogen-bond acceptors (Lipinski definition) is 5. The van der Waals surface area contributed by atoms with Gasteiger partial charge in [0.1, 0.15) is 0 Å². The molecule has 1 fully saturated rings. The zero-order valence-electron chi connectivity index (χ0n) is 15.9. The molecule has 0 aromatic heterocycles. The number of nitrogens with one attached hydrogen (secondary N) is 1. The molecule has 0 saturated carbocycles.